The van der Waals surface area contributed by atoms with Crippen LogP contribution in [0.25, 0.3) is 0 Å². The summed E-state index contributed by atoms with van der Waals surface area (Å²) in [6, 6.07) is 6.34. The highest BCUT2D eigenvalue weighted by Gasteiger charge is 2.22. The van der Waals surface area contributed by atoms with Crippen molar-refractivity contribution in [1.82, 2.24) is 10.2 Å². The van der Waals surface area contributed by atoms with Gasteiger partial charge in [0.05, 0.1) is 5.69 Å². The van der Waals surface area contributed by atoms with Crippen molar-refractivity contribution in [3.05, 3.63) is 40.5 Å². The van der Waals surface area contributed by atoms with Gasteiger partial charge >= 0.3 is 0 Å². The summed E-state index contributed by atoms with van der Waals surface area (Å²) in [5.41, 5.74) is 7.34. The van der Waals surface area contributed by atoms with E-state index in [1.807, 2.05) is 0 Å². The fraction of sp³-hybridized carbons (Fsp3) is 0.167. The Balaban J connectivity index is 2.46. The molecule has 3 N–H and O–H groups in total. The molecule has 0 fully saturated rings. The number of nitrogen functional groups attached to an aromatic ring is 1. The summed E-state index contributed by atoms with van der Waals surface area (Å²) in [4.78, 5) is 0.0502. The second kappa shape index (κ2) is 5.26. The molecule has 0 saturated carbocycles. The Morgan fingerprint density at radius 1 is 1.10 bits per heavy atom. The van der Waals surface area contributed by atoms with Gasteiger partial charge in [-0.1, -0.05) is 23.7 Å². The van der Waals surface area contributed by atoms with Crippen LogP contribution in [0.3, 0.4) is 0 Å². The number of benzene rings is 1. The SMILES string of the molecule is Cc1ccc(C)c(S(=O)(=O)Nc2ccc(Cl)nn2)c1N. The number of hydrogen-bond donors (Lipinski definition) is 2. The van der Waals surface area contributed by atoms with E-state index in [9.17, 15) is 8.42 Å². The van der Waals surface area contributed by atoms with E-state index in [1.165, 1.54) is 12.1 Å². The fourth-order valence-electron chi connectivity index (χ4n) is 1.72. The smallest absolute Gasteiger partial charge is 0.265 e. The molecule has 0 aliphatic rings. The Labute approximate surface area is 122 Å². The van der Waals surface area contributed by atoms with Crippen molar-refractivity contribution in [2.75, 3.05) is 10.5 Å². The van der Waals surface area contributed by atoms with E-state index in [-0.39, 0.29) is 21.6 Å². The standard InChI is InChI=1S/C12H13ClN4O2S/c1-7-3-4-8(2)12(11(7)14)20(18,19)17-10-6-5-9(13)15-16-10/h3-6H,14H2,1-2H3,(H,16,17). The molecular formula is C12H13ClN4O2S. The molecule has 106 valence electrons. The molecule has 0 aliphatic carbocycles. The van der Waals surface area contributed by atoms with Crippen LogP contribution in [-0.4, -0.2) is 18.6 Å². The van der Waals surface area contributed by atoms with Crippen LogP contribution in [0.4, 0.5) is 11.5 Å². The minimum atomic E-state index is -3.83. The zero-order valence-corrected chi connectivity index (χ0v) is 12.5. The van der Waals surface area contributed by atoms with Crippen LogP contribution in [0, 0.1) is 13.8 Å². The Hall–Kier alpha value is -1.86. The third-order valence-corrected chi connectivity index (χ3v) is 4.51. The molecule has 0 aliphatic heterocycles. The first kappa shape index (κ1) is 14.5. The van der Waals surface area contributed by atoms with Gasteiger partial charge < -0.3 is 5.73 Å². The molecule has 1 aromatic carbocycles. The van der Waals surface area contributed by atoms with E-state index in [1.54, 1.807) is 26.0 Å². The molecule has 0 atom stereocenters. The molecule has 2 rings (SSSR count). The zero-order chi connectivity index (χ0) is 14.9. The topological polar surface area (TPSA) is 98.0 Å². The van der Waals surface area contributed by atoms with Crippen LogP contribution < -0.4 is 10.5 Å². The van der Waals surface area contributed by atoms with Gasteiger partial charge in [0.1, 0.15) is 4.90 Å². The molecule has 0 spiro atoms. The normalized spacial score (nSPS) is 11.3. The maximum Gasteiger partial charge on any atom is 0.265 e. The molecular weight excluding hydrogens is 300 g/mol. The van der Waals surface area contributed by atoms with Crippen molar-refractivity contribution in [3.63, 3.8) is 0 Å². The lowest BCUT2D eigenvalue weighted by Crippen LogP contribution is -2.17. The first-order chi connectivity index (χ1) is 9.31. The molecule has 20 heavy (non-hydrogen) atoms. The van der Waals surface area contributed by atoms with Gasteiger partial charge in [-0.2, -0.15) is 0 Å². The van der Waals surface area contributed by atoms with E-state index in [2.05, 4.69) is 14.9 Å². The molecule has 2 aromatic rings. The highest BCUT2D eigenvalue weighted by atomic mass is 35.5. The largest absolute Gasteiger partial charge is 0.397 e. The van der Waals surface area contributed by atoms with Gasteiger partial charge in [0, 0.05) is 0 Å². The average Bonchev–Trinajstić information content (AvgIpc) is 2.37. The highest BCUT2D eigenvalue weighted by Crippen LogP contribution is 2.27. The molecule has 6 nitrogen and oxygen atoms in total. The second-order valence-electron chi connectivity index (χ2n) is 4.29. The van der Waals surface area contributed by atoms with Crippen molar-refractivity contribution in [3.8, 4) is 0 Å². The lowest BCUT2D eigenvalue weighted by atomic mass is 10.1. The van der Waals surface area contributed by atoms with E-state index in [4.69, 9.17) is 17.3 Å². The Morgan fingerprint density at radius 2 is 1.75 bits per heavy atom. The number of sulfonamides is 1. The summed E-state index contributed by atoms with van der Waals surface area (Å²) in [6.07, 6.45) is 0. The second-order valence-corrected chi connectivity index (χ2v) is 6.30. The summed E-state index contributed by atoms with van der Waals surface area (Å²) >= 11 is 5.60. The fourth-order valence-corrected chi connectivity index (χ4v) is 3.25. The number of nitrogens with one attached hydrogen (secondary N) is 1. The number of hydrogen-bond acceptors (Lipinski definition) is 5. The Morgan fingerprint density at radius 3 is 2.35 bits per heavy atom. The summed E-state index contributed by atoms with van der Waals surface area (Å²) in [5, 5.41) is 7.41. The minimum absolute atomic E-state index is 0.0502. The lowest BCUT2D eigenvalue weighted by Gasteiger charge is -2.13. The first-order valence-corrected chi connectivity index (χ1v) is 7.55. The van der Waals surface area contributed by atoms with E-state index < -0.39 is 10.0 Å². The van der Waals surface area contributed by atoms with Crippen molar-refractivity contribution in [1.29, 1.82) is 0 Å². The molecule has 8 heteroatoms. The van der Waals surface area contributed by atoms with Crippen molar-refractivity contribution in [2.24, 2.45) is 0 Å². The van der Waals surface area contributed by atoms with Crippen molar-refractivity contribution in [2.45, 2.75) is 18.7 Å². The average molecular weight is 313 g/mol. The third-order valence-electron chi connectivity index (χ3n) is 2.75. The van der Waals surface area contributed by atoms with Gasteiger partial charge in [0.2, 0.25) is 0 Å². The minimum Gasteiger partial charge on any atom is -0.397 e. The maximum atomic E-state index is 12.4. The monoisotopic (exact) mass is 312 g/mol. The zero-order valence-electron chi connectivity index (χ0n) is 10.9. The first-order valence-electron chi connectivity index (χ1n) is 5.69. The molecule has 0 bridgehead atoms. The molecule has 1 heterocycles. The lowest BCUT2D eigenvalue weighted by molar-refractivity contribution is 0.600. The molecule has 0 unspecified atom stereocenters. The number of aryl methyl sites for hydroxylation is 2. The van der Waals surface area contributed by atoms with E-state index in [0.29, 0.717) is 11.1 Å². The number of halogens is 1. The van der Waals surface area contributed by atoms with Crippen LogP contribution in [0.2, 0.25) is 5.15 Å². The number of aromatic nitrogens is 2. The third kappa shape index (κ3) is 2.83. The molecule has 1 aromatic heterocycles. The molecule has 0 amide bonds. The van der Waals surface area contributed by atoms with Crippen LogP contribution in [-0.2, 0) is 10.0 Å². The molecule has 0 saturated heterocycles. The maximum absolute atomic E-state index is 12.4. The van der Waals surface area contributed by atoms with Crippen LogP contribution in [0.5, 0.6) is 0 Å². The van der Waals surface area contributed by atoms with Crippen molar-refractivity contribution >= 4 is 33.1 Å². The van der Waals surface area contributed by atoms with Crippen LogP contribution in [0.1, 0.15) is 11.1 Å². The van der Waals surface area contributed by atoms with Gasteiger partial charge in [-0.05, 0) is 37.1 Å². The van der Waals surface area contributed by atoms with E-state index in [0.717, 1.165) is 0 Å². The highest BCUT2D eigenvalue weighted by molar-refractivity contribution is 7.93. The Bertz CT molecular complexity index is 745. The number of anilines is 2. The number of rotatable bonds is 3. The van der Waals surface area contributed by atoms with Gasteiger partial charge in [0.25, 0.3) is 10.0 Å². The van der Waals surface area contributed by atoms with Crippen LogP contribution >= 0.6 is 11.6 Å². The van der Waals surface area contributed by atoms with Gasteiger partial charge in [-0.15, -0.1) is 10.2 Å². The van der Waals surface area contributed by atoms with Crippen molar-refractivity contribution < 1.29 is 8.42 Å². The van der Waals surface area contributed by atoms with Gasteiger partial charge in [-0.3, -0.25) is 4.72 Å². The number of nitrogens with zero attached hydrogens (tertiary/aromatic N) is 2. The predicted octanol–water partition coefficient (Wildman–Crippen LogP) is 2.13. The van der Waals surface area contributed by atoms with Gasteiger partial charge in [-0.25, -0.2) is 8.42 Å². The summed E-state index contributed by atoms with van der Waals surface area (Å²) < 4.78 is 27.1. The summed E-state index contributed by atoms with van der Waals surface area (Å²) in [7, 11) is -3.83. The number of nitrogens with two attached hydrogens (primary N) is 1. The summed E-state index contributed by atoms with van der Waals surface area (Å²) in [6.45, 7) is 3.42. The predicted molar refractivity (Wildman–Crippen MR) is 78.2 cm³/mol. The Kier molecular flexibility index (Phi) is 3.82. The van der Waals surface area contributed by atoms with E-state index >= 15 is 0 Å². The molecule has 0 radical (unpaired) electrons. The van der Waals surface area contributed by atoms with Crippen LogP contribution in [0.15, 0.2) is 29.2 Å². The summed E-state index contributed by atoms with van der Waals surface area (Å²) in [5.74, 6) is 0.0784. The van der Waals surface area contributed by atoms with Gasteiger partial charge in [0.15, 0.2) is 11.0 Å². The quantitative estimate of drug-likeness (QED) is 0.846.